The number of hydrogen-bond donors (Lipinski definition) is 1. The molecule has 1 heterocycles. The molecule has 0 unspecified atom stereocenters. The number of thiazole rings is 1. The summed E-state index contributed by atoms with van der Waals surface area (Å²) in [4.78, 5) is 14.8. The molecule has 0 radical (unpaired) electrons. The molecule has 6 heteroatoms. The van der Waals surface area contributed by atoms with Crippen molar-refractivity contribution in [2.75, 3.05) is 6.61 Å². The number of hydrogen-bond acceptors (Lipinski definition) is 5. The zero-order chi connectivity index (χ0) is 9.84. The molecule has 0 amide bonds. The summed E-state index contributed by atoms with van der Waals surface area (Å²) in [6, 6.07) is 0. The Bertz CT molecular complexity index is 337. The maximum atomic E-state index is 11.0. The lowest BCUT2D eigenvalue weighted by Crippen LogP contribution is -2.17. The molecule has 0 spiro atoms. The van der Waals surface area contributed by atoms with Crippen LogP contribution >= 0.6 is 22.9 Å². The van der Waals surface area contributed by atoms with E-state index in [1.54, 1.807) is 12.3 Å². The molecule has 0 atom stereocenters. The summed E-state index contributed by atoms with van der Waals surface area (Å²) in [7, 11) is 0. The van der Waals surface area contributed by atoms with Crippen LogP contribution in [0.4, 0.5) is 0 Å². The first kappa shape index (κ1) is 10.1. The first-order valence-corrected chi connectivity index (χ1v) is 4.78. The maximum absolute atomic E-state index is 11.0. The number of nitrogens with one attached hydrogen (secondary N) is 1. The van der Waals surface area contributed by atoms with Gasteiger partial charge in [0.25, 0.3) is 0 Å². The predicted octanol–water partition coefficient (Wildman–Crippen LogP) is 1.73. The van der Waals surface area contributed by atoms with Crippen molar-refractivity contribution in [3.63, 3.8) is 0 Å². The molecule has 0 aromatic carbocycles. The van der Waals surface area contributed by atoms with Crippen LogP contribution in [0, 0.1) is 5.41 Å². The summed E-state index contributed by atoms with van der Waals surface area (Å²) in [5.74, 6) is -0.676. The number of nitrogens with zero attached hydrogens (tertiary/aromatic N) is 1. The molecule has 1 rings (SSSR count). The van der Waals surface area contributed by atoms with Gasteiger partial charge in [0.1, 0.15) is 5.69 Å². The third kappa shape index (κ3) is 2.50. The van der Waals surface area contributed by atoms with Crippen molar-refractivity contribution in [1.82, 2.24) is 4.98 Å². The first-order valence-electron chi connectivity index (χ1n) is 3.52. The van der Waals surface area contributed by atoms with Crippen LogP contribution in [0.3, 0.4) is 0 Å². The van der Waals surface area contributed by atoms with Gasteiger partial charge in [-0.1, -0.05) is 11.6 Å². The number of carbonyl (C=O) groups excluding carboxylic acids is 1. The fourth-order valence-corrected chi connectivity index (χ4v) is 1.43. The fraction of sp³-hybridized carbons (Fsp3) is 0.286. The molecule has 70 valence electrons. The second kappa shape index (κ2) is 4.34. The van der Waals surface area contributed by atoms with E-state index in [1.165, 1.54) is 11.3 Å². The second-order valence-corrected chi connectivity index (χ2v) is 3.52. The number of halogens is 1. The van der Waals surface area contributed by atoms with Crippen LogP contribution in [-0.4, -0.2) is 23.3 Å². The SMILES string of the molecule is CCOC(=O)C(=N)c1csc(Cl)n1. The highest BCUT2D eigenvalue weighted by molar-refractivity contribution is 7.14. The molecule has 0 saturated carbocycles. The molecule has 0 saturated heterocycles. The van der Waals surface area contributed by atoms with Crippen molar-refractivity contribution < 1.29 is 9.53 Å². The molecule has 0 aliphatic carbocycles. The van der Waals surface area contributed by atoms with Crippen molar-refractivity contribution >= 4 is 34.6 Å². The van der Waals surface area contributed by atoms with E-state index in [1.807, 2.05) is 0 Å². The Morgan fingerprint density at radius 2 is 2.54 bits per heavy atom. The van der Waals surface area contributed by atoms with E-state index in [4.69, 9.17) is 17.0 Å². The number of esters is 1. The molecule has 0 aliphatic heterocycles. The highest BCUT2D eigenvalue weighted by Crippen LogP contribution is 2.15. The Balaban J connectivity index is 2.73. The quantitative estimate of drug-likeness (QED) is 0.621. The van der Waals surface area contributed by atoms with E-state index in [9.17, 15) is 4.79 Å². The Morgan fingerprint density at radius 3 is 3.00 bits per heavy atom. The Labute approximate surface area is 84.0 Å². The van der Waals surface area contributed by atoms with E-state index in [0.717, 1.165) is 0 Å². The van der Waals surface area contributed by atoms with Gasteiger partial charge in [-0.25, -0.2) is 9.78 Å². The molecule has 1 N–H and O–H groups in total. The summed E-state index contributed by atoms with van der Waals surface area (Å²) in [5, 5.41) is 8.91. The summed E-state index contributed by atoms with van der Waals surface area (Å²) < 4.78 is 4.93. The third-order valence-electron chi connectivity index (χ3n) is 1.21. The van der Waals surface area contributed by atoms with E-state index in [-0.39, 0.29) is 18.0 Å². The number of rotatable bonds is 3. The van der Waals surface area contributed by atoms with Crippen LogP contribution in [0.5, 0.6) is 0 Å². The molecular weight excluding hydrogens is 212 g/mol. The normalized spacial score (nSPS) is 9.69. The Kier molecular flexibility index (Phi) is 3.39. The molecule has 0 bridgehead atoms. The van der Waals surface area contributed by atoms with Crippen LogP contribution in [-0.2, 0) is 9.53 Å². The largest absolute Gasteiger partial charge is 0.461 e. The predicted molar refractivity (Wildman–Crippen MR) is 50.6 cm³/mol. The minimum absolute atomic E-state index is 0.249. The molecule has 4 nitrogen and oxygen atoms in total. The second-order valence-electron chi connectivity index (χ2n) is 2.08. The van der Waals surface area contributed by atoms with Crippen LogP contribution in [0.15, 0.2) is 5.38 Å². The lowest BCUT2D eigenvalue weighted by atomic mass is 10.3. The molecule has 1 aromatic rings. The number of aromatic nitrogens is 1. The van der Waals surface area contributed by atoms with Crippen molar-refractivity contribution in [2.24, 2.45) is 0 Å². The van der Waals surface area contributed by atoms with Crippen molar-refractivity contribution in [1.29, 1.82) is 5.41 Å². The third-order valence-corrected chi connectivity index (χ3v) is 2.19. The van der Waals surface area contributed by atoms with Crippen molar-refractivity contribution in [2.45, 2.75) is 6.92 Å². The van der Waals surface area contributed by atoms with Gasteiger partial charge in [0.15, 0.2) is 10.2 Å². The fourth-order valence-electron chi connectivity index (χ4n) is 0.675. The van der Waals surface area contributed by atoms with Gasteiger partial charge in [0.2, 0.25) is 0 Å². The van der Waals surface area contributed by atoms with Gasteiger partial charge in [-0.2, -0.15) is 0 Å². The summed E-state index contributed by atoms with van der Waals surface area (Å²) >= 11 is 6.72. The molecular formula is C7H7ClN2O2S. The van der Waals surface area contributed by atoms with E-state index < -0.39 is 5.97 Å². The van der Waals surface area contributed by atoms with E-state index in [0.29, 0.717) is 4.47 Å². The topological polar surface area (TPSA) is 63.0 Å². The van der Waals surface area contributed by atoms with E-state index >= 15 is 0 Å². The van der Waals surface area contributed by atoms with Crippen LogP contribution in [0.1, 0.15) is 12.6 Å². The van der Waals surface area contributed by atoms with E-state index in [2.05, 4.69) is 9.72 Å². The lowest BCUT2D eigenvalue weighted by Gasteiger charge is -1.99. The summed E-state index contributed by atoms with van der Waals surface area (Å²) in [6.45, 7) is 1.93. The average molecular weight is 219 g/mol. The van der Waals surface area contributed by atoms with Crippen LogP contribution in [0.25, 0.3) is 0 Å². The lowest BCUT2D eigenvalue weighted by molar-refractivity contribution is -0.135. The van der Waals surface area contributed by atoms with Crippen molar-refractivity contribution in [3.05, 3.63) is 15.5 Å². The van der Waals surface area contributed by atoms with Gasteiger partial charge in [-0.3, -0.25) is 5.41 Å². The van der Waals surface area contributed by atoms with Gasteiger partial charge < -0.3 is 4.74 Å². The average Bonchev–Trinajstić information content (AvgIpc) is 2.51. The summed E-state index contributed by atoms with van der Waals surface area (Å²) in [5.41, 5.74) is -0.00144. The maximum Gasteiger partial charge on any atom is 0.358 e. The van der Waals surface area contributed by atoms with Gasteiger partial charge in [-0.05, 0) is 6.92 Å². The Hall–Kier alpha value is -0.940. The van der Waals surface area contributed by atoms with Gasteiger partial charge >= 0.3 is 5.97 Å². The minimum Gasteiger partial charge on any atom is -0.461 e. The zero-order valence-electron chi connectivity index (χ0n) is 6.83. The van der Waals surface area contributed by atoms with Gasteiger partial charge in [0.05, 0.1) is 6.61 Å². The molecule has 0 fully saturated rings. The monoisotopic (exact) mass is 218 g/mol. The molecule has 13 heavy (non-hydrogen) atoms. The van der Waals surface area contributed by atoms with Crippen LogP contribution < -0.4 is 0 Å². The minimum atomic E-state index is -0.676. The number of carbonyl (C=O) groups is 1. The highest BCUT2D eigenvalue weighted by atomic mass is 35.5. The molecule has 1 aromatic heterocycles. The van der Waals surface area contributed by atoms with Crippen LogP contribution in [0.2, 0.25) is 4.47 Å². The van der Waals surface area contributed by atoms with Gasteiger partial charge in [-0.15, -0.1) is 11.3 Å². The van der Waals surface area contributed by atoms with Gasteiger partial charge in [0, 0.05) is 5.38 Å². The zero-order valence-corrected chi connectivity index (χ0v) is 8.41. The van der Waals surface area contributed by atoms with Crippen molar-refractivity contribution in [3.8, 4) is 0 Å². The first-order chi connectivity index (χ1) is 6.15. The number of ether oxygens (including phenoxy) is 1. The standard InChI is InChI=1S/C7H7ClN2O2S/c1-2-12-6(11)5(9)4-3-13-7(8)10-4/h3,9H,2H2,1H3. The summed E-state index contributed by atoms with van der Waals surface area (Å²) in [6.07, 6.45) is 0. The smallest absolute Gasteiger partial charge is 0.358 e. The molecule has 0 aliphatic rings. The Morgan fingerprint density at radius 1 is 1.85 bits per heavy atom. The highest BCUT2D eigenvalue weighted by Gasteiger charge is 2.15.